The second-order valence-electron chi connectivity index (χ2n) is 8.01. The van der Waals surface area contributed by atoms with Crippen molar-refractivity contribution < 1.29 is 14.3 Å². The Morgan fingerprint density at radius 2 is 1.90 bits per heavy atom. The van der Waals surface area contributed by atoms with Gasteiger partial charge in [0.1, 0.15) is 0 Å². The first-order valence-corrected chi connectivity index (χ1v) is 10.6. The van der Waals surface area contributed by atoms with E-state index in [4.69, 9.17) is 9.47 Å². The van der Waals surface area contributed by atoms with Crippen LogP contribution in [0.1, 0.15) is 28.7 Å². The summed E-state index contributed by atoms with van der Waals surface area (Å²) in [6.45, 7) is 2.99. The molecular weight excluding hydrogens is 390 g/mol. The van der Waals surface area contributed by atoms with Crippen molar-refractivity contribution in [2.24, 2.45) is 0 Å². The number of nitrogens with one attached hydrogen (secondary N) is 1. The number of pyridine rings is 1. The van der Waals surface area contributed by atoms with E-state index >= 15 is 0 Å². The highest BCUT2D eigenvalue weighted by Crippen LogP contribution is 2.33. The maximum atomic E-state index is 12.6. The summed E-state index contributed by atoms with van der Waals surface area (Å²) in [6, 6.07) is 16.3. The second kappa shape index (κ2) is 8.78. The van der Waals surface area contributed by atoms with Gasteiger partial charge in [-0.25, -0.2) is 0 Å². The molecule has 0 spiro atoms. The van der Waals surface area contributed by atoms with Crippen molar-refractivity contribution in [3.63, 3.8) is 0 Å². The van der Waals surface area contributed by atoms with Gasteiger partial charge in [0.25, 0.3) is 0 Å². The van der Waals surface area contributed by atoms with Crippen LogP contribution in [-0.2, 0) is 30.7 Å². The van der Waals surface area contributed by atoms with Crippen molar-refractivity contribution >= 4 is 11.6 Å². The fourth-order valence-corrected chi connectivity index (χ4v) is 4.20. The molecule has 2 aliphatic heterocycles. The Labute approximate surface area is 181 Å². The second-order valence-corrected chi connectivity index (χ2v) is 8.01. The standard InChI is InChI=1S/C25H25N3O3/c29-25(9-7-18-6-8-23-24(12-18)31-17-30-23)27-22-14-26-13-20-16-28(11-10-21(20)22)15-19-4-2-1-3-5-19/h1-6,8,12-14H,7,9-11,15-17H2,(H,27,29). The molecule has 3 heterocycles. The normalized spacial score (nSPS) is 14.8. The summed E-state index contributed by atoms with van der Waals surface area (Å²) in [5, 5.41) is 3.08. The summed E-state index contributed by atoms with van der Waals surface area (Å²) in [4.78, 5) is 19.4. The summed E-state index contributed by atoms with van der Waals surface area (Å²) in [5.74, 6) is 1.51. The molecule has 0 unspecified atom stereocenters. The number of amides is 1. The molecule has 3 aromatic rings. The van der Waals surface area contributed by atoms with Crippen LogP contribution in [0, 0.1) is 0 Å². The lowest BCUT2D eigenvalue weighted by Crippen LogP contribution is -2.31. The fourth-order valence-electron chi connectivity index (χ4n) is 4.20. The monoisotopic (exact) mass is 415 g/mol. The number of nitrogens with zero attached hydrogens (tertiary/aromatic N) is 2. The minimum Gasteiger partial charge on any atom is -0.454 e. The van der Waals surface area contributed by atoms with E-state index in [0.29, 0.717) is 12.8 Å². The molecule has 1 amide bonds. The van der Waals surface area contributed by atoms with Crippen LogP contribution in [0.4, 0.5) is 5.69 Å². The van der Waals surface area contributed by atoms with E-state index in [9.17, 15) is 4.79 Å². The molecule has 6 nitrogen and oxygen atoms in total. The highest BCUT2D eigenvalue weighted by molar-refractivity contribution is 5.91. The van der Waals surface area contributed by atoms with Crippen LogP contribution >= 0.6 is 0 Å². The number of carbonyl (C=O) groups excluding carboxylic acids is 1. The molecule has 0 bridgehead atoms. The molecule has 158 valence electrons. The largest absolute Gasteiger partial charge is 0.454 e. The van der Waals surface area contributed by atoms with Crippen LogP contribution in [0.2, 0.25) is 0 Å². The number of rotatable bonds is 6. The quantitative estimate of drug-likeness (QED) is 0.661. The summed E-state index contributed by atoms with van der Waals surface area (Å²) in [6.07, 6.45) is 5.65. The lowest BCUT2D eigenvalue weighted by atomic mass is 9.99. The molecule has 31 heavy (non-hydrogen) atoms. The molecule has 0 saturated heterocycles. The molecule has 1 aromatic heterocycles. The molecule has 0 fully saturated rings. The van der Waals surface area contributed by atoms with Gasteiger partial charge in [-0.2, -0.15) is 0 Å². The number of fused-ring (bicyclic) bond motifs is 2. The van der Waals surface area contributed by atoms with E-state index in [0.717, 1.165) is 48.8 Å². The van der Waals surface area contributed by atoms with Crippen LogP contribution in [0.15, 0.2) is 60.9 Å². The summed E-state index contributed by atoms with van der Waals surface area (Å²) in [7, 11) is 0. The van der Waals surface area contributed by atoms with Crippen molar-refractivity contribution in [2.75, 3.05) is 18.7 Å². The lowest BCUT2D eigenvalue weighted by molar-refractivity contribution is -0.116. The number of ether oxygens (including phenoxy) is 2. The van der Waals surface area contributed by atoms with Gasteiger partial charge in [0.05, 0.1) is 11.9 Å². The molecule has 1 N–H and O–H groups in total. The minimum atomic E-state index is -0.000387. The van der Waals surface area contributed by atoms with Gasteiger partial charge in [-0.3, -0.25) is 14.7 Å². The number of hydrogen-bond acceptors (Lipinski definition) is 5. The smallest absolute Gasteiger partial charge is 0.231 e. The number of aromatic nitrogens is 1. The third kappa shape index (κ3) is 4.54. The maximum Gasteiger partial charge on any atom is 0.231 e. The average molecular weight is 415 g/mol. The van der Waals surface area contributed by atoms with Crippen LogP contribution in [0.3, 0.4) is 0 Å². The van der Waals surface area contributed by atoms with E-state index in [1.807, 2.05) is 30.5 Å². The summed E-state index contributed by atoms with van der Waals surface area (Å²) < 4.78 is 10.8. The molecule has 2 aromatic carbocycles. The molecule has 0 saturated carbocycles. The molecule has 0 aliphatic carbocycles. The first-order chi connectivity index (χ1) is 15.2. The van der Waals surface area contributed by atoms with Gasteiger partial charge in [-0.1, -0.05) is 36.4 Å². The fraction of sp³-hybridized carbons (Fsp3) is 0.280. The van der Waals surface area contributed by atoms with Gasteiger partial charge in [0.2, 0.25) is 12.7 Å². The molecular formula is C25H25N3O3. The first-order valence-electron chi connectivity index (χ1n) is 10.6. The van der Waals surface area contributed by atoms with Crippen LogP contribution in [0.5, 0.6) is 11.5 Å². The molecule has 5 rings (SSSR count). The SMILES string of the molecule is O=C(CCc1ccc2c(c1)OCO2)Nc1cncc2c1CCN(Cc1ccccc1)C2. The van der Waals surface area contributed by atoms with Crippen molar-refractivity contribution in [2.45, 2.75) is 32.4 Å². The Kier molecular flexibility index (Phi) is 5.54. The van der Waals surface area contributed by atoms with Crippen LogP contribution in [0.25, 0.3) is 0 Å². The molecule has 0 atom stereocenters. The van der Waals surface area contributed by atoms with E-state index in [1.165, 1.54) is 16.7 Å². The van der Waals surface area contributed by atoms with Crippen molar-refractivity contribution in [3.8, 4) is 11.5 Å². The zero-order chi connectivity index (χ0) is 21.0. The summed E-state index contributed by atoms with van der Waals surface area (Å²) >= 11 is 0. The maximum absolute atomic E-state index is 12.6. The van der Waals surface area contributed by atoms with E-state index in [1.54, 1.807) is 6.20 Å². The zero-order valence-corrected chi connectivity index (χ0v) is 17.3. The number of anilines is 1. The van der Waals surface area contributed by atoms with Crippen molar-refractivity contribution in [3.05, 3.63) is 83.2 Å². The number of hydrogen-bond donors (Lipinski definition) is 1. The molecule has 0 radical (unpaired) electrons. The summed E-state index contributed by atoms with van der Waals surface area (Å²) in [5.41, 5.74) is 5.61. The average Bonchev–Trinajstić information content (AvgIpc) is 3.26. The van der Waals surface area contributed by atoms with Gasteiger partial charge in [0.15, 0.2) is 11.5 Å². The van der Waals surface area contributed by atoms with E-state index in [-0.39, 0.29) is 12.7 Å². The van der Waals surface area contributed by atoms with Crippen molar-refractivity contribution in [1.82, 2.24) is 9.88 Å². The Morgan fingerprint density at radius 1 is 1.03 bits per heavy atom. The van der Waals surface area contributed by atoms with Gasteiger partial charge >= 0.3 is 0 Å². The molecule has 6 heteroatoms. The van der Waals surface area contributed by atoms with Crippen molar-refractivity contribution in [1.29, 1.82) is 0 Å². The van der Waals surface area contributed by atoms with Gasteiger partial charge < -0.3 is 14.8 Å². The highest BCUT2D eigenvalue weighted by atomic mass is 16.7. The third-order valence-corrected chi connectivity index (χ3v) is 5.82. The van der Waals surface area contributed by atoms with Gasteiger partial charge in [-0.15, -0.1) is 0 Å². The number of benzene rings is 2. The predicted molar refractivity (Wildman–Crippen MR) is 118 cm³/mol. The zero-order valence-electron chi connectivity index (χ0n) is 17.3. The number of carbonyl (C=O) groups is 1. The van der Waals surface area contributed by atoms with Crippen LogP contribution < -0.4 is 14.8 Å². The third-order valence-electron chi connectivity index (χ3n) is 5.82. The first kappa shape index (κ1) is 19.6. The Bertz CT molecular complexity index is 1080. The highest BCUT2D eigenvalue weighted by Gasteiger charge is 2.20. The lowest BCUT2D eigenvalue weighted by Gasteiger charge is -2.29. The topological polar surface area (TPSA) is 63.7 Å². The Hall–Kier alpha value is -3.38. The Morgan fingerprint density at radius 3 is 2.81 bits per heavy atom. The molecule has 2 aliphatic rings. The van der Waals surface area contributed by atoms with E-state index < -0.39 is 0 Å². The van der Waals surface area contributed by atoms with Gasteiger partial charge in [-0.05, 0) is 47.2 Å². The number of aryl methyl sites for hydroxylation is 1. The predicted octanol–water partition coefficient (Wildman–Crippen LogP) is 3.94. The van der Waals surface area contributed by atoms with Crippen LogP contribution in [-0.4, -0.2) is 29.1 Å². The van der Waals surface area contributed by atoms with Gasteiger partial charge in [0, 0.05) is 32.3 Å². The Balaban J connectivity index is 1.20. The minimum absolute atomic E-state index is 0.000387. The van der Waals surface area contributed by atoms with E-state index in [2.05, 4.69) is 39.5 Å².